The van der Waals surface area contributed by atoms with Gasteiger partial charge in [-0.1, -0.05) is 12.1 Å². The lowest BCUT2D eigenvalue weighted by Gasteiger charge is -2.40. The standard InChI is InChI=1S/C30H34N10O2/c1-22(20-40-21-34-36-37-40)42-29-15-23(5-6-24(29)17-31)25-18-32-30(33-19-25)35-26-3-2-4-28(16-26)38-9-7-27(8-10-38)39-11-13-41-14-12-39/h2-6,15-16,18-19,21-22,27H,7-14,20H2,1H3,(H,32,33,35)/t22-/m0/s1. The van der Waals surface area contributed by atoms with Gasteiger partial charge in [-0.15, -0.1) is 5.10 Å². The second-order valence-electron chi connectivity index (χ2n) is 10.6. The van der Waals surface area contributed by atoms with E-state index in [1.54, 1.807) is 23.1 Å². The van der Waals surface area contributed by atoms with E-state index in [4.69, 9.17) is 9.47 Å². The van der Waals surface area contributed by atoms with E-state index < -0.39 is 0 Å². The number of anilines is 3. The number of benzene rings is 2. The van der Waals surface area contributed by atoms with Crippen LogP contribution in [0.2, 0.25) is 0 Å². The maximum Gasteiger partial charge on any atom is 0.227 e. The summed E-state index contributed by atoms with van der Waals surface area (Å²) >= 11 is 0. The van der Waals surface area contributed by atoms with Gasteiger partial charge in [0.15, 0.2) is 0 Å². The number of piperidine rings is 1. The van der Waals surface area contributed by atoms with Crippen molar-refractivity contribution in [1.82, 2.24) is 35.1 Å². The molecule has 216 valence electrons. The largest absolute Gasteiger partial charge is 0.487 e. The zero-order chi connectivity index (χ0) is 28.7. The van der Waals surface area contributed by atoms with Gasteiger partial charge in [-0.25, -0.2) is 14.6 Å². The van der Waals surface area contributed by atoms with Crippen LogP contribution in [0.3, 0.4) is 0 Å². The Kier molecular flexibility index (Phi) is 8.48. The molecule has 0 amide bonds. The van der Waals surface area contributed by atoms with Gasteiger partial charge in [0, 0.05) is 61.6 Å². The van der Waals surface area contributed by atoms with Gasteiger partial charge < -0.3 is 19.7 Å². The minimum absolute atomic E-state index is 0.245. The van der Waals surface area contributed by atoms with Crippen molar-refractivity contribution in [3.63, 3.8) is 0 Å². The van der Waals surface area contributed by atoms with E-state index in [1.165, 1.54) is 24.9 Å². The highest BCUT2D eigenvalue weighted by molar-refractivity contribution is 5.67. The van der Waals surface area contributed by atoms with Crippen molar-refractivity contribution in [3.8, 4) is 22.9 Å². The first-order valence-electron chi connectivity index (χ1n) is 14.3. The Balaban J connectivity index is 1.08. The van der Waals surface area contributed by atoms with Crippen molar-refractivity contribution in [2.75, 3.05) is 49.6 Å². The normalized spacial score (nSPS) is 17.0. The van der Waals surface area contributed by atoms with Gasteiger partial charge >= 0.3 is 0 Å². The van der Waals surface area contributed by atoms with Crippen LogP contribution in [-0.4, -0.2) is 86.6 Å². The summed E-state index contributed by atoms with van der Waals surface area (Å²) in [6.07, 6.45) is 7.16. The molecule has 0 radical (unpaired) electrons. The minimum atomic E-state index is -0.245. The zero-order valence-corrected chi connectivity index (χ0v) is 23.6. The summed E-state index contributed by atoms with van der Waals surface area (Å²) in [6.45, 7) is 8.25. The fourth-order valence-electron chi connectivity index (χ4n) is 5.56. The average Bonchev–Trinajstić information content (AvgIpc) is 3.55. The molecule has 2 fully saturated rings. The van der Waals surface area contributed by atoms with Crippen LogP contribution >= 0.6 is 0 Å². The van der Waals surface area contributed by atoms with Crippen LogP contribution in [0.15, 0.2) is 61.2 Å². The zero-order valence-electron chi connectivity index (χ0n) is 23.6. The predicted octanol–water partition coefficient (Wildman–Crippen LogP) is 3.51. The number of aromatic nitrogens is 6. The second-order valence-corrected chi connectivity index (χ2v) is 10.6. The molecule has 0 saturated carbocycles. The summed E-state index contributed by atoms with van der Waals surface area (Å²) in [6, 6.07) is 16.7. The molecule has 0 unspecified atom stereocenters. The highest BCUT2D eigenvalue weighted by atomic mass is 16.5. The molecule has 0 aliphatic carbocycles. The van der Waals surface area contributed by atoms with Crippen molar-refractivity contribution in [2.24, 2.45) is 0 Å². The monoisotopic (exact) mass is 566 g/mol. The van der Waals surface area contributed by atoms with Crippen LogP contribution in [0.4, 0.5) is 17.3 Å². The molecular formula is C30H34N10O2. The first-order chi connectivity index (χ1) is 20.6. The first-order valence-corrected chi connectivity index (χ1v) is 14.3. The minimum Gasteiger partial charge on any atom is -0.487 e. The third kappa shape index (κ3) is 6.64. The van der Waals surface area contributed by atoms with Gasteiger partial charge in [-0.2, -0.15) is 5.26 Å². The highest BCUT2D eigenvalue weighted by Gasteiger charge is 2.26. The number of rotatable bonds is 9. The molecule has 2 saturated heterocycles. The Morgan fingerprint density at radius 3 is 2.60 bits per heavy atom. The second kappa shape index (κ2) is 12.9. The lowest BCUT2D eigenvalue weighted by molar-refractivity contribution is 0.0115. The molecule has 4 aromatic rings. The smallest absolute Gasteiger partial charge is 0.227 e. The van der Waals surface area contributed by atoms with Crippen molar-refractivity contribution in [3.05, 3.63) is 66.7 Å². The molecule has 1 N–H and O–H groups in total. The maximum atomic E-state index is 9.58. The van der Waals surface area contributed by atoms with Gasteiger partial charge in [0.1, 0.15) is 24.3 Å². The Morgan fingerprint density at radius 1 is 1.05 bits per heavy atom. The number of tetrazole rings is 1. The van der Waals surface area contributed by atoms with E-state index >= 15 is 0 Å². The van der Waals surface area contributed by atoms with Gasteiger partial charge in [-0.3, -0.25) is 4.90 Å². The quantitative estimate of drug-likeness (QED) is 0.319. The van der Waals surface area contributed by atoms with Crippen LogP contribution in [0.1, 0.15) is 25.3 Å². The summed E-state index contributed by atoms with van der Waals surface area (Å²) in [5.41, 5.74) is 4.27. The summed E-state index contributed by atoms with van der Waals surface area (Å²) in [4.78, 5) is 14.2. The van der Waals surface area contributed by atoms with Crippen LogP contribution in [0.25, 0.3) is 11.1 Å². The van der Waals surface area contributed by atoms with Gasteiger partial charge in [-0.05, 0) is 66.1 Å². The van der Waals surface area contributed by atoms with E-state index in [0.29, 0.717) is 29.8 Å². The number of morpholine rings is 1. The van der Waals surface area contributed by atoms with Crippen molar-refractivity contribution >= 4 is 17.3 Å². The van der Waals surface area contributed by atoms with E-state index in [2.05, 4.69) is 64.9 Å². The topological polar surface area (TPSA) is 130 Å². The van der Waals surface area contributed by atoms with E-state index in [-0.39, 0.29) is 6.10 Å². The number of nitriles is 1. The Bertz CT molecular complexity index is 1490. The molecule has 12 nitrogen and oxygen atoms in total. The number of hydrogen-bond donors (Lipinski definition) is 1. The lowest BCUT2D eigenvalue weighted by atomic mass is 10.0. The van der Waals surface area contributed by atoms with Crippen molar-refractivity contribution < 1.29 is 9.47 Å². The van der Waals surface area contributed by atoms with Crippen molar-refractivity contribution in [2.45, 2.75) is 38.5 Å². The molecule has 2 aliphatic heterocycles. The fraction of sp³-hybridized carbons (Fsp3) is 0.400. The summed E-state index contributed by atoms with van der Waals surface area (Å²) in [7, 11) is 0. The Hall–Kier alpha value is -4.60. The maximum absolute atomic E-state index is 9.58. The van der Waals surface area contributed by atoms with Gasteiger partial charge in [0.2, 0.25) is 5.95 Å². The highest BCUT2D eigenvalue weighted by Crippen LogP contribution is 2.29. The van der Waals surface area contributed by atoms with Gasteiger partial charge in [0.05, 0.1) is 25.3 Å². The number of hydrogen-bond acceptors (Lipinski definition) is 11. The average molecular weight is 567 g/mol. The molecule has 12 heteroatoms. The van der Waals surface area contributed by atoms with Crippen LogP contribution in [0.5, 0.6) is 5.75 Å². The molecule has 42 heavy (non-hydrogen) atoms. The summed E-state index contributed by atoms with van der Waals surface area (Å²) < 4.78 is 13.2. The Morgan fingerprint density at radius 2 is 1.86 bits per heavy atom. The van der Waals surface area contributed by atoms with Gasteiger partial charge in [0.25, 0.3) is 0 Å². The molecule has 2 aromatic carbocycles. The van der Waals surface area contributed by atoms with Crippen LogP contribution in [0, 0.1) is 11.3 Å². The molecule has 1 atom stereocenters. The third-order valence-electron chi connectivity index (χ3n) is 7.75. The Labute approximate surface area is 244 Å². The molecular weight excluding hydrogens is 532 g/mol. The van der Waals surface area contributed by atoms with Crippen molar-refractivity contribution in [1.29, 1.82) is 5.26 Å². The van der Waals surface area contributed by atoms with E-state index in [0.717, 1.165) is 56.2 Å². The lowest BCUT2D eigenvalue weighted by Crippen LogP contribution is -2.49. The third-order valence-corrected chi connectivity index (χ3v) is 7.75. The first kappa shape index (κ1) is 27.6. The number of nitrogens with one attached hydrogen (secondary N) is 1. The van der Waals surface area contributed by atoms with Crippen LogP contribution in [-0.2, 0) is 11.3 Å². The fourth-order valence-corrected chi connectivity index (χ4v) is 5.56. The molecule has 4 heterocycles. The van der Waals surface area contributed by atoms with Crippen LogP contribution < -0.4 is 15.0 Å². The SMILES string of the molecule is C[C@@H](Cn1cnnn1)Oc1cc(-c2cnc(Nc3cccc(N4CCC(N5CCOCC5)CC4)c3)nc2)ccc1C#N. The molecule has 2 aromatic heterocycles. The summed E-state index contributed by atoms with van der Waals surface area (Å²) in [5, 5.41) is 24.1. The molecule has 0 bridgehead atoms. The molecule has 2 aliphatic rings. The predicted molar refractivity (Wildman–Crippen MR) is 157 cm³/mol. The number of nitrogens with zero attached hydrogens (tertiary/aromatic N) is 9. The van der Waals surface area contributed by atoms with E-state index in [9.17, 15) is 5.26 Å². The molecule has 0 spiro atoms. The number of ether oxygens (including phenoxy) is 2. The van der Waals surface area contributed by atoms with E-state index in [1.807, 2.05) is 25.1 Å². The molecule has 6 rings (SSSR count). The summed E-state index contributed by atoms with van der Waals surface area (Å²) in [5.74, 6) is 1.01.